The lowest BCUT2D eigenvalue weighted by atomic mass is 9.79. The van der Waals surface area contributed by atoms with Crippen LogP contribution in [0.1, 0.15) is 36.7 Å². The van der Waals surface area contributed by atoms with Crippen molar-refractivity contribution in [1.29, 1.82) is 0 Å². The largest absolute Gasteiger partial charge is 0.465 e. The van der Waals surface area contributed by atoms with E-state index in [1.807, 2.05) is 51.2 Å². The number of aryl methyl sites for hydroxylation is 1. The summed E-state index contributed by atoms with van der Waals surface area (Å²) in [5.41, 5.74) is 1.51. The third-order valence-electron chi connectivity index (χ3n) is 5.88. The van der Waals surface area contributed by atoms with Gasteiger partial charge in [0, 0.05) is 23.9 Å². The maximum absolute atomic E-state index is 13.4. The molecule has 1 aromatic carbocycles. The second kappa shape index (κ2) is 6.00. The lowest BCUT2D eigenvalue weighted by molar-refractivity contribution is -0.132. The molecule has 0 amide bonds. The molecular formula is C21H20N4O3S. The number of thiazole rings is 1. The molecule has 5 rings (SSSR count). The van der Waals surface area contributed by atoms with Crippen molar-refractivity contribution >= 4 is 23.2 Å². The molecule has 0 fully saturated rings. The van der Waals surface area contributed by atoms with E-state index in [0.717, 1.165) is 16.8 Å². The first-order valence-electron chi connectivity index (χ1n) is 9.40. The van der Waals surface area contributed by atoms with Crippen molar-refractivity contribution in [2.45, 2.75) is 32.5 Å². The summed E-state index contributed by atoms with van der Waals surface area (Å²) >= 11 is 1.32. The smallest absolute Gasteiger partial charge is 0.270 e. The van der Waals surface area contributed by atoms with Crippen LogP contribution < -0.4 is 19.6 Å². The summed E-state index contributed by atoms with van der Waals surface area (Å²) in [7, 11) is 1.87. The predicted octanol–water partition coefficient (Wildman–Crippen LogP) is 1.32. The minimum Gasteiger partial charge on any atom is -0.465 e. The number of carbonyl (C=O) groups is 1. The Morgan fingerprint density at radius 1 is 1.34 bits per heavy atom. The Kier molecular flexibility index (Phi) is 3.73. The average molecular weight is 408 g/mol. The van der Waals surface area contributed by atoms with Gasteiger partial charge in [-0.1, -0.05) is 29.5 Å². The number of rotatable bonds is 2. The SMILES string of the molecule is CC(=O)C1C2c3ccccc3OC1(C)N=c1s/c(=C/c3cnn(C)c3C)c(=O)n12. The number of para-hydroxylation sites is 1. The number of ketones is 1. The van der Waals surface area contributed by atoms with Crippen molar-refractivity contribution in [3.05, 3.63) is 67.0 Å². The molecule has 8 heteroatoms. The van der Waals surface area contributed by atoms with Gasteiger partial charge in [0.25, 0.3) is 5.56 Å². The van der Waals surface area contributed by atoms with Crippen LogP contribution in [0.15, 0.2) is 40.2 Å². The van der Waals surface area contributed by atoms with Gasteiger partial charge in [-0.15, -0.1) is 0 Å². The van der Waals surface area contributed by atoms with Gasteiger partial charge in [-0.25, -0.2) is 4.99 Å². The van der Waals surface area contributed by atoms with Crippen LogP contribution >= 0.6 is 11.3 Å². The van der Waals surface area contributed by atoms with E-state index in [1.165, 1.54) is 18.3 Å². The van der Waals surface area contributed by atoms with Crippen LogP contribution in [0.4, 0.5) is 0 Å². The number of benzene rings is 1. The first-order chi connectivity index (χ1) is 13.8. The molecule has 7 nitrogen and oxygen atoms in total. The molecule has 3 atom stereocenters. The Balaban J connectivity index is 1.82. The van der Waals surface area contributed by atoms with E-state index in [2.05, 4.69) is 5.10 Å². The van der Waals surface area contributed by atoms with Gasteiger partial charge in [-0.05, 0) is 32.9 Å². The van der Waals surface area contributed by atoms with Crippen molar-refractivity contribution in [2.24, 2.45) is 18.0 Å². The van der Waals surface area contributed by atoms with Crippen molar-refractivity contribution in [3.63, 3.8) is 0 Å². The molecule has 29 heavy (non-hydrogen) atoms. The van der Waals surface area contributed by atoms with E-state index < -0.39 is 17.7 Å². The molecule has 148 valence electrons. The number of hydrogen-bond donors (Lipinski definition) is 0. The summed E-state index contributed by atoms with van der Waals surface area (Å²) in [5.74, 6) is 0.0527. The highest BCUT2D eigenvalue weighted by atomic mass is 32.1. The molecule has 2 bridgehead atoms. The van der Waals surface area contributed by atoms with Crippen molar-refractivity contribution in [1.82, 2.24) is 14.3 Å². The normalized spacial score (nSPS) is 25.0. The van der Waals surface area contributed by atoms with Gasteiger partial charge in [-0.3, -0.25) is 18.8 Å². The van der Waals surface area contributed by atoms with E-state index in [4.69, 9.17) is 9.73 Å². The van der Waals surface area contributed by atoms with E-state index in [1.54, 1.807) is 15.4 Å². The molecule has 0 N–H and O–H groups in total. The van der Waals surface area contributed by atoms with Gasteiger partial charge in [-0.2, -0.15) is 5.10 Å². The number of aromatic nitrogens is 3. The fraction of sp³-hybridized carbons (Fsp3) is 0.333. The summed E-state index contributed by atoms with van der Waals surface area (Å²) in [5, 5.41) is 4.25. The predicted molar refractivity (Wildman–Crippen MR) is 109 cm³/mol. The van der Waals surface area contributed by atoms with E-state index in [9.17, 15) is 9.59 Å². The Hall–Kier alpha value is -3.00. The number of hydrogen-bond acceptors (Lipinski definition) is 6. The van der Waals surface area contributed by atoms with Crippen molar-refractivity contribution in [3.8, 4) is 5.75 Å². The maximum Gasteiger partial charge on any atom is 0.270 e. The summed E-state index contributed by atoms with van der Waals surface area (Å²) in [6, 6.07) is 7.13. The monoisotopic (exact) mass is 408 g/mol. The van der Waals surface area contributed by atoms with Gasteiger partial charge >= 0.3 is 0 Å². The molecule has 2 aromatic heterocycles. The van der Waals surface area contributed by atoms with Crippen LogP contribution in [-0.2, 0) is 11.8 Å². The Labute approximate surface area is 170 Å². The Bertz CT molecular complexity index is 1350. The second-order valence-corrected chi connectivity index (χ2v) is 8.73. The second-order valence-electron chi connectivity index (χ2n) is 7.72. The first-order valence-corrected chi connectivity index (χ1v) is 10.2. The third-order valence-corrected chi connectivity index (χ3v) is 6.86. The molecule has 2 aliphatic heterocycles. The lowest BCUT2D eigenvalue weighted by Gasteiger charge is -2.45. The molecule has 0 saturated heterocycles. The number of nitrogens with zero attached hydrogens (tertiary/aromatic N) is 4. The van der Waals surface area contributed by atoms with Crippen molar-refractivity contribution in [2.75, 3.05) is 0 Å². The highest BCUT2D eigenvalue weighted by molar-refractivity contribution is 7.07. The van der Waals surface area contributed by atoms with Gasteiger partial charge in [0.1, 0.15) is 17.5 Å². The highest BCUT2D eigenvalue weighted by Crippen LogP contribution is 2.47. The zero-order valence-corrected chi connectivity index (χ0v) is 17.4. The summed E-state index contributed by atoms with van der Waals surface area (Å²) < 4.78 is 10.2. The van der Waals surface area contributed by atoms with Crippen LogP contribution in [-0.4, -0.2) is 25.9 Å². The van der Waals surface area contributed by atoms with E-state index >= 15 is 0 Å². The summed E-state index contributed by atoms with van der Waals surface area (Å²) in [6.45, 7) is 5.32. The molecule has 2 aliphatic rings. The molecule has 0 radical (unpaired) electrons. The molecule has 0 aliphatic carbocycles. The van der Waals surface area contributed by atoms with Crippen LogP contribution in [0.5, 0.6) is 5.75 Å². The standard InChI is InChI=1S/C21H20N4O3S/c1-11-13(10-22-24(11)4)9-16-19(27)25-18-14-7-5-6-8-15(14)28-21(3,17(18)12(2)26)23-20(25)29-16/h5-10,17-18H,1-4H3/b16-9+. The third kappa shape index (κ3) is 2.48. The summed E-state index contributed by atoms with van der Waals surface area (Å²) in [6.07, 6.45) is 3.59. The van der Waals surface area contributed by atoms with E-state index in [-0.39, 0.29) is 11.3 Å². The van der Waals surface area contributed by atoms with Crippen LogP contribution in [0, 0.1) is 12.8 Å². The minimum absolute atomic E-state index is 0.0480. The molecule has 0 spiro atoms. The molecular weight excluding hydrogens is 388 g/mol. The van der Waals surface area contributed by atoms with E-state index in [0.29, 0.717) is 15.1 Å². The number of Topliss-reactive ketones (excluding diaryl/α,β-unsaturated/α-hetero) is 1. The van der Waals surface area contributed by atoms with Crippen LogP contribution in [0.25, 0.3) is 6.08 Å². The first kappa shape index (κ1) is 18.1. The molecule has 4 heterocycles. The lowest BCUT2D eigenvalue weighted by Crippen LogP contribution is -2.58. The molecule has 3 unspecified atom stereocenters. The van der Waals surface area contributed by atoms with Crippen LogP contribution in [0.3, 0.4) is 0 Å². The Morgan fingerprint density at radius 3 is 2.79 bits per heavy atom. The molecule has 0 saturated carbocycles. The van der Waals surface area contributed by atoms with Crippen molar-refractivity contribution < 1.29 is 9.53 Å². The molecule has 3 aromatic rings. The minimum atomic E-state index is -1.04. The number of carbonyl (C=O) groups excluding carboxylic acids is 1. The number of fused-ring (bicyclic) bond motifs is 6. The zero-order valence-electron chi connectivity index (χ0n) is 16.5. The average Bonchev–Trinajstić information content (AvgIpc) is 3.13. The fourth-order valence-corrected chi connectivity index (χ4v) is 5.44. The quantitative estimate of drug-likeness (QED) is 0.641. The van der Waals surface area contributed by atoms with Gasteiger partial charge in [0.05, 0.1) is 16.8 Å². The highest BCUT2D eigenvalue weighted by Gasteiger charge is 2.53. The van der Waals surface area contributed by atoms with Gasteiger partial charge < -0.3 is 4.74 Å². The topological polar surface area (TPSA) is 78.5 Å². The Morgan fingerprint density at radius 2 is 2.10 bits per heavy atom. The summed E-state index contributed by atoms with van der Waals surface area (Å²) in [4.78, 5) is 31.4. The maximum atomic E-state index is 13.4. The fourth-order valence-electron chi connectivity index (χ4n) is 4.35. The zero-order chi connectivity index (χ0) is 20.5. The number of ether oxygens (including phenoxy) is 1. The van der Waals surface area contributed by atoms with Crippen LogP contribution in [0.2, 0.25) is 0 Å². The van der Waals surface area contributed by atoms with Gasteiger partial charge in [0.15, 0.2) is 4.80 Å². The van der Waals surface area contributed by atoms with Gasteiger partial charge in [0.2, 0.25) is 5.72 Å².